The van der Waals surface area contributed by atoms with Gasteiger partial charge in [-0.05, 0) is 62.6 Å². The average molecular weight is 392 g/mol. The predicted molar refractivity (Wildman–Crippen MR) is 107 cm³/mol. The summed E-state index contributed by atoms with van der Waals surface area (Å²) >= 11 is 6.06. The minimum absolute atomic E-state index is 0.0728. The zero-order chi connectivity index (χ0) is 19.6. The van der Waals surface area contributed by atoms with E-state index in [4.69, 9.17) is 25.8 Å². The molecule has 0 unspecified atom stereocenters. The van der Waals surface area contributed by atoms with Gasteiger partial charge in [0.1, 0.15) is 5.75 Å². The molecule has 0 saturated heterocycles. The second kappa shape index (κ2) is 10.7. The fourth-order valence-electron chi connectivity index (χ4n) is 2.51. The van der Waals surface area contributed by atoms with Crippen LogP contribution in [-0.2, 0) is 11.2 Å². The lowest BCUT2D eigenvalue weighted by atomic mass is 10.1. The van der Waals surface area contributed by atoms with Crippen LogP contribution in [0.2, 0.25) is 5.02 Å². The second-order valence-electron chi connectivity index (χ2n) is 5.97. The smallest absolute Gasteiger partial charge is 0.257 e. The molecular formula is C21H26ClNO4. The van der Waals surface area contributed by atoms with Crippen LogP contribution in [0.1, 0.15) is 25.0 Å². The maximum Gasteiger partial charge on any atom is 0.257 e. The van der Waals surface area contributed by atoms with Gasteiger partial charge in [0.25, 0.3) is 5.91 Å². The van der Waals surface area contributed by atoms with Crippen molar-refractivity contribution in [2.24, 2.45) is 0 Å². The van der Waals surface area contributed by atoms with Crippen molar-refractivity contribution in [1.29, 1.82) is 0 Å². The van der Waals surface area contributed by atoms with Gasteiger partial charge in [0.05, 0.1) is 18.2 Å². The molecule has 27 heavy (non-hydrogen) atoms. The maximum absolute atomic E-state index is 12.0. The molecule has 0 aromatic heterocycles. The normalized spacial score (nSPS) is 10.4. The number of hydrogen-bond acceptors (Lipinski definition) is 4. The van der Waals surface area contributed by atoms with E-state index >= 15 is 0 Å². The number of aryl methyl sites for hydroxylation is 1. The second-order valence-corrected chi connectivity index (χ2v) is 6.38. The summed E-state index contributed by atoms with van der Waals surface area (Å²) in [4.78, 5) is 12.0. The zero-order valence-electron chi connectivity index (χ0n) is 16.0. The first-order valence-corrected chi connectivity index (χ1v) is 9.45. The van der Waals surface area contributed by atoms with E-state index in [1.165, 1.54) is 0 Å². The molecule has 5 nitrogen and oxygen atoms in total. The molecule has 0 atom stereocenters. The standard InChI is InChI=1S/C21H26ClNO4/c1-4-25-18-9-7-16(13-20(18)26-5-2)10-11-23-21(24)14-27-19-12-15(3)6-8-17(19)22/h6-9,12-13H,4-5,10-11,14H2,1-3H3,(H,23,24). The van der Waals surface area contributed by atoms with E-state index in [-0.39, 0.29) is 12.5 Å². The van der Waals surface area contributed by atoms with Crippen LogP contribution < -0.4 is 19.5 Å². The topological polar surface area (TPSA) is 56.8 Å². The number of halogens is 1. The highest BCUT2D eigenvalue weighted by Gasteiger charge is 2.08. The fourth-order valence-corrected chi connectivity index (χ4v) is 2.68. The highest BCUT2D eigenvalue weighted by Crippen LogP contribution is 2.28. The van der Waals surface area contributed by atoms with Gasteiger partial charge in [0, 0.05) is 6.54 Å². The van der Waals surface area contributed by atoms with Gasteiger partial charge < -0.3 is 19.5 Å². The Morgan fingerprint density at radius 1 is 0.963 bits per heavy atom. The Morgan fingerprint density at radius 3 is 2.44 bits per heavy atom. The van der Waals surface area contributed by atoms with Gasteiger partial charge >= 0.3 is 0 Å². The Bertz CT molecular complexity index is 764. The summed E-state index contributed by atoms with van der Waals surface area (Å²) in [5, 5.41) is 3.34. The molecule has 6 heteroatoms. The van der Waals surface area contributed by atoms with Crippen LogP contribution >= 0.6 is 11.6 Å². The molecule has 146 valence electrons. The van der Waals surface area contributed by atoms with E-state index in [9.17, 15) is 4.79 Å². The molecule has 0 fully saturated rings. The Balaban J connectivity index is 1.82. The van der Waals surface area contributed by atoms with Crippen molar-refractivity contribution >= 4 is 17.5 Å². The van der Waals surface area contributed by atoms with E-state index in [0.717, 1.165) is 22.6 Å². The van der Waals surface area contributed by atoms with Gasteiger partial charge in [-0.1, -0.05) is 23.7 Å². The third-order valence-corrected chi connectivity index (χ3v) is 4.10. The van der Waals surface area contributed by atoms with Gasteiger partial charge in [-0.2, -0.15) is 0 Å². The summed E-state index contributed by atoms with van der Waals surface area (Å²) in [7, 11) is 0. The molecule has 0 spiro atoms. The average Bonchev–Trinajstić information content (AvgIpc) is 2.65. The lowest BCUT2D eigenvalue weighted by Crippen LogP contribution is -2.30. The van der Waals surface area contributed by atoms with Crippen LogP contribution in [0.15, 0.2) is 36.4 Å². The van der Waals surface area contributed by atoms with Crippen LogP contribution in [0.25, 0.3) is 0 Å². The SMILES string of the molecule is CCOc1ccc(CCNC(=O)COc2cc(C)ccc2Cl)cc1OCC. The minimum Gasteiger partial charge on any atom is -0.490 e. The first-order chi connectivity index (χ1) is 13.0. The Morgan fingerprint density at radius 2 is 1.70 bits per heavy atom. The van der Waals surface area contributed by atoms with Gasteiger partial charge in [-0.25, -0.2) is 0 Å². The molecule has 0 aliphatic rings. The molecule has 0 aliphatic heterocycles. The molecular weight excluding hydrogens is 366 g/mol. The lowest BCUT2D eigenvalue weighted by Gasteiger charge is -2.13. The van der Waals surface area contributed by atoms with Gasteiger partial charge in [-0.3, -0.25) is 4.79 Å². The first-order valence-electron chi connectivity index (χ1n) is 9.07. The van der Waals surface area contributed by atoms with Crippen molar-refractivity contribution in [2.75, 3.05) is 26.4 Å². The van der Waals surface area contributed by atoms with E-state index in [1.807, 2.05) is 51.1 Å². The molecule has 0 radical (unpaired) electrons. The Kier molecular flexibility index (Phi) is 8.27. The zero-order valence-corrected chi connectivity index (χ0v) is 16.8. The summed E-state index contributed by atoms with van der Waals surface area (Å²) in [5.41, 5.74) is 2.08. The molecule has 2 aromatic rings. The van der Waals surface area contributed by atoms with Crippen LogP contribution in [0.4, 0.5) is 0 Å². The molecule has 1 amide bonds. The van der Waals surface area contributed by atoms with Crippen molar-refractivity contribution in [1.82, 2.24) is 5.32 Å². The van der Waals surface area contributed by atoms with Crippen molar-refractivity contribution in [3.8, 4) is 17.2 Å². The van der Waals surface area contributed by atoms with Crippen molar-refractivity contribution in [3.05, 3.63) is 52.5 Å². The summed E-state index contributed by atoms with van der Waals surface area (Å²) in [6.45, 7) is 7.39. The molecule has 0 heterocycles. The van der Waals surface area contributed by atoms with Gasteiger partial charge in [0.2, 0.25) is 0 Å². The van der Waals surface area contributed by atoms with Crippen LogP contribution in [0.3, 0.4) is 0 Å². The van der Waals surface area contributed by atoms with Crippen LogP contribution in [0, 0.1) is 6.92 Å². The quantitative estimate of drug-likeness (QED) is 0.660. The number of rotatable bonds is 10. The lowest BCUT2D eigenvalue weighted by molar-refractivity contribution is -0.123. The molecule has 2 rings (SSSR count). The van der Waals surface area contributed by atoms with E-state index in [2.05, 4.69) is 5.32 Å². The van der Waals surface area contributed by atoms with Crippen molar-refractivity contribution in [3.63, 3.8) is 0 Å². The van der Waals surface area contributed by atoms with E-state index in [1.54, 1.807) is 6.07 Å². The van der Waals surface area contributed by atoms with Crippen LogP contribution in [-0.4, -0.2) is 32.3 Å². The van der Waals surface area contributed by atoms with Crippen molar-refractivity contribution in [2.45, 2.75) is 27.2 Å². The summed E-state index contributed by atoms with van der Waals surface area (Å²) < 4.78 is 16.7. The number of nitrogens with one attached hydrogen (secondary N) is 1. The summed E-state index contributed by atoms with van der Waals surface area (Å²) in [5.74, 6) is 1.78. The largest absolute Gasteiger partial charge is 0.490 e. The highest BCUT2D eigenvalue weighted by atomic mass is 35.5. The molecule has 0 saturated carbocycles. The van der Waals surface area contributed by atoms with Crippen molar-refractivity contribution < 1.29 is 19.0 Å². The Hall–Kier alpha value is -2.40. The first kappa shape index (κ1) is 20.9. The number of carbonyl (C=O) groups excluding carboxylic acids is 1. The summed E-state index contributed by atoms with van der Waals surface area (Å²) in [6.07, 6.45) is 0.684. The predicted octanol–water partition coefficient (Wildman–Crippen LogP) is 4.18. The number of ether oxygens (including phenoxy) is 3. The van der Waals surface area contributed by atoms with Gasteiger partial charge in [0.15, 0.2) is 18.1 Å². The number of hydrogen-bond donors (Lipinski definition) is 1. The maximum atomic E-state index is 12.0. The third-order valence-electron chi connectivity index (χ3n) is 3.79. The third kappa shape index (κ3) is 6.68. The monoisotopic (exact) mass is 391 g/mol. The molecule has 2 aromatic carbocycles. The Labute approximate surface area is 165 Å². The van der Waals surface area contributed by atoms with Gasteiger partial charge in [-0.15, -0.1) is 0 Å². The molecule has 0 bridgehead atoms. The number of amides is 1. The molecule has 0 aliphatic carbocycles. The minimum atomic E-state index is -0.191. The molecule has 1 N–H and O–H groups in total. The van der Waals surface area contributed by atoms with Crippen LogP contribution in [0.5, 0.6) is 17.2 Å². The number of benzene rings is 2. The fraction of sp³-hybridized carbons (Fsp3) is 0.381. The van der Waals surface area contributed by atoms with E-state index < -0.39 is 0 Å². The summed E-state index contributed by atoms with van der Waals surface area (Å²) in [6, 6.07) is 11.3. The highest BCUT2D eigenvalue weighted by molar-refractivity contribution is 6.32. The number of carbonyl (C=O) groups is 1. The van der Waals surface area contributed by atoms with E-state index in [0.29, 0.717) is 37.0 Å².